The van der Waals surface area contributed by atoms with Gasteiger partial charge in [-0.05, 0) is 243 Å². The number of aromatic hydroxyl groups is 4. The molecule has 0 spiro atoms. The molecule has 0 bridgehead atoms. The maximum atomic E-state index is 13.5. The summed E-state index contributed by atoms with van der Waals surface area (Å²) in [6, 6.07) is 59.8. The number of carbonyl (C=O) groups excluding carboxylic acids is 11. The average molecular weight is 2220 g/mol. The zero-order chi connectivity index (χ0) is 99.3. The first-order valence-corrected chi connectivity index (χ1v) is 47.4. The molecular weight excluding hydrogens is 2120 g/mol. The molecule has 0 atom stereocenters. The number of halogens is 4. The number of unbranched alkanes of at least 4 members (excludes halogenated alkanes) is 3. The molecule has 138 heavy (non-hydrogen) atoms. The van der Waals surface area contributed by atoms with Gasteiger partial charge in [-0.25, -0.2) is 0 Å². The first-order valence-electron chi connectivity index (χ1n) is 43.6. The molecule has 0 unspecified atom stereocenters. The van der Waals surface area contributed by atoms with Gasteiger partial charge >= 0.3 is 17.9 Å². The Morgan fingerprint density at radius 1 is 0.326 bits per heavy atom. The summed E-state index contributed by atoms with van der Waals surface area (Å²) < 4.78 is 42.3. The van der Waals surface area contributed by atoms with Gasteiger partial charge in [0.25, 0.3) is 0 Å². The Morgan fingerprint density at radius 2 is 0.630 bits per heavy atom. The molecule has 4 aromatic heterocycles. The molecule has 15 rings (SSSR count). The van der Waals surface area contributed by atoms with Crippen molar-refractivity contribution < 1.29 is 110 Å². The standard InChI is InChI=1S/C27H20Br2O6.C27H20I2O6.C27H24N2O6.C25H31N3O5/c3*1-15(30)7-10-22-25(26(32)17-12-20(28)27(33)21(29)13-17)19-9-8-18(14-23(19)35-22)34-24(31)11-16-5-3-2-4-6-16;26-18-13-16(14-19(27)25(18)32)24(31)23-17-10-9-15(6-4-5-11-29)12-21(17)33-20(23)7-2-1-3-8-22(28)30/h2*2-6,8-9,12-14,33H,7,10-11H2,1H3;2-6,8-9,12-14,33H,7,10-11,28-29H2,1H3;9-10,12-14,29,32H,1-8,11,26-27H2,(H2,28,30). The van der Waals surface area contributed by atoms with Gasteiger partial charge in [-0.2, -0.15) is 0 Å². The number of primary amides is 1. The van der Waals surface area contributed by atoms with Gasteiger partial charge in [-0.3, -0.25) is 38.4 Å². The van der Waals surface area contributed by atoms with Crippen LogP contribution in [0.4, 0.5) is 22.7 Å². The van der Waals surface area contributed by atoms with Crippen molar-refractivity contribution in [2.24, 2.45) is 5.73 Å². The average Bonchev–Trinajstić information content (AvgIpc) is 1.63. The number of phenols is 4. The number of ether oxygens (including phenoxy) is 3. The topological polar surface area (TPSA) is 499 Å². The van der Waals surface area contributed by atoms with E-state index in [4.69, 9.17) is 65.7 Å². The molecule has 11 aromatic carbocycles. The molecule has 0 aliphatic heterocycles. The number of furan rings is 4. The Balaban J connectivity index is 0.000000165. The fourth-order valence-electron chi connectivity index (χ4n) is 15.1. The van der Waals surface area contributed by atoms with E-state index in [2.05, 4.69) is 31.9 Å². The molecule has 0 saturated heterocycles. The molecule has 0 aliphatic carbocycles. The summed E-state index contributed by atoms with van der Waals surface area (Å²) >= 11 is 10.5. The van der Waals surface area contributed by atoms with Crippen molar-refractivity contribution in [3.63, 3.8) is 0 Å². The predicted octanol–water partition coefficient (Wildman–Crippen LogP) is 20.5. The monoisotopic (exact) mass is 2220 g/mol. The van der Waals surface area contributed by atoms with E-state index in [-0.39, 0.29) is 173 Å². The Bertz CT molecular complexity index is 6550. The van der Waals surface area contributed by atoms with Gasteiger partial charge in [0.2, 0.25) is 5.91 Å². The Kier molecular flexibility index (Phi) is 35.5. The van der Waals surface area contributed by atoms with E-state index >= 15 is 0 Å². The normalized spacial score (nSPS) is 11.0. The van der Waals surface area contributed by atoms with Crippen molar-refractivity contribution >= 4 is 208 Å². The number of hydrogen-bond donors (Lipinski definition) is 10. The van der Waals surface area contributed by atoms with Crippen LogP contribution in [-0.4, -0.2) is 96.4 Å². The molecule has 32 heteroatoms. The van der Waals surface area contributed by atoms with Gasteiger partial charge in [0.15, 0.2) is 34.6 Å². The first-order chi connectivity index (χ1) is 66.0. The highest BCUT2D eigenvalue weighted by Gasteiger charge is 2.31. The summed E-state index contributed by atoms with van der Waals surface area (Å²) in [5, 5.41) is 51.1. The largest absolute Gasteiger partial charge is 0.506 e. The summed E-state index contributed by atoms with van der Waals surface area (Å²) in [7, 11) is 0. The number of anilines is 4. The van der Waals surface area contributed by atoms with Crippen LogP contribution in [0.25, 0.3) is 43.9 Å². The molecular formula is C106H95Br2I2N5O23. The van der Waals surface area contributed by atoms with E-state index in [9.17, 15) is 73.2 Å². The van der Waals surface area contributed by atoms with E-state index in [1.165, 1.54) is 63.2 Å². The molecule has 0 fully saturated rings. The van der Waals surface area contributed by atoms with Crippen molar-refractivity contribution in [2.75, 3.05) is 29.5 Å². The minimum Gasteiger partial charge on any atom is -0.506 e. The summed E-state index contributed by atoms with van der Waals surface area (Å²) in [6.07, 6.45) is 7.10. The Hall–Kier alpha value is -14.1. The number of Topliss-reactive ketones (excluding diaryl/α,β-unsaturated/α-hetero) is 3. The lowest BCUT2D eigenvalue weighted by atomic mass is 9.96. The summed E-state index contributed by atoms with van der Waals surface area (Å²) in [5.41, 5.74) is 36.3. The molecule has 710 valence electrons. The number of amides is 1. The predicted molar refractivity (Wildman–Crippen MR) is 545 cm³/mol. The highest BCUT2D eigenvalue weighted by molar-refractivity contribution is 14.1. The number of carbonyl (C=O) groups is 11. The second-order valence-corrected chi connectivity index (χ2v) is 36.6. The lowest BCUT2D eigenvalue weighted by molar-refractivity contribution is -0.134. The zero-order valence-electron chi connectivity index (χ0n) is 74.9. The van der Waals surface area contributed by atoms with Gasteiger partial charge < -0.3 is 100 Å². The van der Waals surface area contributed by atoms with Gasteiger partial charge in [0, 0.05) is 120 Å². The minimum atomic E-state index is -0.440. The van der Waals surface area contributed by atoms with Crippen LogP contribution in [0.2, 0.25) is 0 Å². The fraction of sp³-hybridized carbons (Fsp3) is 0.198. The molecule has 1 amide bonds. The number of hydrogen-bond acceptors (Lipinski definition) is 27. The number of nitrogen functional groups attached to an aromatic ring is 4. The smallest absolute Gasteiger partial charge is 0.315 e. The summed E-state index contributed by atoms with van der Waals surface area (Å²) in [6.45, 7) is 4.57. The van der Waals surface area contributed by atoms with Crippen LogP contribution >= 0.6 is 77.0 Å². The van der Waals surface area contributed by atoms with Crippen LogP contribution in [0.1, 0.15) is 188 Å². The van der Waals surface area contributed by atoms with Crippen molar-refractivity contribution in [3.8, 4) is 40.2 Å². The Labute approximate surface area is 835 Å². The Morgan fingerprint density at radius 3 is 0.957 bits per heavy atom. The third kappa shape index (κ3) is 26.8. The second kappa shape index (κ2) is 47.6. The van der Waals surface area contributed by atoms with Gasteiger partial charge in [0.1, 0.15) is 91.5 Å². The number of fused-ring (bicyclic) bond motifs is 4. The third-order valence-corrected chi connectivity index (χ3v) is 24.8. The van der Waals surface area contributed by atoms with Crippen LogP contribution in [-0.2, 0) is 84.9 Å². The molecule has 15 aromatic rings. The van der Waals surface area contributed by atoms with Crippen LogP contribution in [0.3, 0.4) is 0 Å². The van der Waals surface area contributed by atoms with Crippen molar-refractivity contribution in [1.29, 1.82) is 0 Å². The van der Waals surface area contributed by atoms with Gasteiger partial charge in [-0.15, -0.1) is 0 Å². The fourth-order valence-corrected chi connectivity index (χ4v) is 18.0. The second-order valence-electron chi connectivity index (χ2n) is 32.5. The quantitative estimate of drug-likeness (QED) is 0.00332. The van der Waals surface area contributed by atoms with E-state index < -0.39 is 23.7 Å². The number of esters is 3. The molecule has 15 N–H and O–H groups in total. The summed E-state index contributed by atoms with van der Waals surface area (Å²) in [5.74, 6) is -0.941. The summed E-state index contributed by atoms with van der Waals surface area (Å²) in [4.78, 5) is 137. The first kappa shape index (κ1) is 103. The van der Waals surface area contributed by atoms with Crippen molar-refractivity contribution in [2.45, 2.75) is 130 Å². The lowest BCUT2D eigenvalue weighted by Gasteiger charge is -2.08. The van der Waals surface area contributed by atoms with E-state index in [1.807, 2.05) is 154 Å². The lowest BCUT2D eigenvalue weighted by Crippen LogP contribution is -2.11. The molecule has 28 nitrogen and oxygen atoms in total. The molecule has 4 heterocycles. The highest BCUT2D eigenvalue weighted by Crippen LogP contribution is 2.42. The maximum Gasteiger partial charge on any atom is 0.315 e. The number of nitrogens with two attached hydrogens (primary N) is 5. The van der Waals surface area contributed by atoms with Gasteiger partial charge in [-0.1, -0.05) is 110 Å². The zero-order valence-corrected chi connectivity index (χ0v) is 82.4. The van der Waals surface area contributed by atoms with E-state index in [0.29, 0.717) is 142 Å². The molecule has 0 aliphatic rings. The highest BCUT2D eigenvalue weighted by atomic mass is 127. The third-order valence-electron chi connectivity index (χ3n) is 21.9. The van der Waals surface area contributed by atoms with Crippen LogP contribution < -0.4 is 42.9 Å². The van der Waals surface area contributed by atoms with Crippen LogP contribution in [0.5, 0.6) is 40.2 Å². The van der Waals surface area contributed by atoms with Crippen LogP contribution in [0, 0.1) is 7.14 Å². The number of ketones is 7. The van der Waals surface area contributed by atoms with Crippen LogP contribution in [0.15, 0.2) is 239 Å². The number of benzene rings is 11. The number of aryl methyl sites for hydroxylation is 5. The number of aliphatic hydroxyl groups is 1. The van der Waals surface area contributed by atoms with E-state index in [0.717, 1.165) is 54.4 Å². The SMILES string of the molecule is CC(=O)CCc1oc2cc(OC(=O)Cc3ccccc3)ccc2c1C(=O)c1cc(Br)c(O)c(Br)c1.CC(=O)CCc1oc2cc(OC(=O)Cc3ccccc3)ccc2c1C(=O)c1cc(I)c(O)c(I)c1.CC(=O)CCc1oc2cc(OC(=O)Cc3ccccc3)ccc2c1C(=O)c1cc(N)c(O)c(N)c1.NC(=O)CCCCCc1oc2cc(CCCCO)ccc2c1C(=O)c1cc(N)c(O)c(N)c1. The number of phenolic OH excluding ortho intramolecular Hbond substituents is 4. The van der Waals surface area contributed by atoms with Crippen molar-refractivity contribution in [3.05, 3.63) is 318 Å². The maximum absolute atomic E-state index is 13.5. The molecule has 0 radical (unpaired) electrons. The van der Waals surface area contributed by atoms with E-state index in [1.54, 1.807) is 60.7 Å². The number of rotatable bonds is 36. The number of aliphatic hydroxyl groups excluding tert-OH is 1. The minimum absolute atomic E-state index is 0.0163. The van der Waals surface area contributed by atoms with Crippen molar-refractivity contribution in [1.82, 2.24) is 0 Å². The molecule has 0 saturated carbocycles. The van der Waals surface area contributed by atoms with Gasteiger partial charge in [0.05, 0.1) is 80.4 Å².